The molecule has 0 aliphatic carbocycles. The van der Waals surface area contributed by atoms with Crippen LogP contribution in [0, 0.1) is 13.8 Å². The molecular weight excluding hydrogens is 348 g/mol. The van der Waals surface area contributed by atoms with Crippen molar-refractivity contribution >= 4 is 21.4 Å². The number of hydrogen-bond donors (Lipinski definition) is 0. The van der Waals surface area contributed by atoms with Crippen LogP contribution >= 0.6 is 11.3 Å². The zero-order valence-electron chi connectivity index (χ0n) is 13.4. The fourth-order valence-corrected chi connectivity index (χ4v) is 4.92. The maximum Gasteiger partial charge on any atom is 0.248 e. The largest absolute Gasteiger partial charge is 0.468 e. The van der Waals surface area contributed by atoms with Crippen molar-refractivity contribution in [2.24, 2.45) is 0 Å². The molecule has 0 unspecified atom stereocenters. The highest BCUT2D eigenvalue weighted by Crippen LogP contribution is 2.25. The number of thiophene rings is 1. The van der Waals surface area contributed by atoms with Gasteiger partial charge in [0, 0.05) is 11.4 Å². The number of rotatable bonds is 7. The molecule has 0 aromatic carbocycles. The molecule has 8 heteroatoms. The van der Waals surface area contributed by atoms with Crippen LogP contribution < -0.4 is 0 Å². The van der Waals surface area contributed by atoms with Crippen molar-refractivity contribution in [3.05, 3.63) is 58.0 Å². The Kier molecular flexibility index (Phi) is 4.88. The summed E-state index contributed by atoms with van der Waals surface area (Å²) in [6.07, 6.45) is 2.18. The predicted octanol–water partition coefficient (Wildman–Crippen LogP) is 3.38. The van der Waals surface area contributed by atoms with Gasteiger partial charge in [-0.15, -0.1) is 11.3 Å². The van der Waals surface area contributed by atoms with Gasteiger partial charge in [-0.05, 0) is 43.8 Å². The van der Waals surface area contributed by atoms with E-state index in [-0.39, 0.29) is 11.4 Å². The Morgan fingerprint density at radius 1 is 1.25 bits per heavy atom. The highest BCUT2D eigenvalue weighted by atomic mass is 32.2. The Morgan fingerprint density at radius 3 is 2.67 bits per heavy atom. The van der Waals surface area contributed by atoms with E-state index in [1.54, 1.807) is 37.3 Å². The summed E-state index contributed by atoms with van der Waals surface area (Å²) in [5, 5.41) is 5.75. The molecule has 0 saturated carbocycles. The van der Waals surface area contributed by atoms with Crippen molar-refractivity contribution in [3.8, 4) is 0 Å². The minimum Gasteiger partial charge on any atom is -0.468 e. The van der Waals surface area contributed by atoms with Gasteiger partial charge in [0.25, 0.3) is 0 Å². The van der Waals surface area contributed by atoms with Crippen LogP contribution in [0.3, 0.4) is 0 Å². The third kappa shape index (κ3) is 3.45. The molecule has 3 rings (SSSR count). The van der Waals surface area contributed by atoms with Crippen molar-refractivity contribution in [3.63, 3.8) is 0 Å². The first-order valence-electron chi connectivity index (χ1n) is 7.46. The minimum absolute atomic E-state index is 0.139. The van der Waals surface area contributed by atoms with E-state index in [1.807, 2.05) is 17.5 Å². The Morgan fingerprint density at radius 2 is 2.08 bits per heavy atom. The number of sulfonamides is 1. The quantitative estimate of drug-likeness (QED) is 0.641. The lowest BCUT2D eigenvalue weighted by Crippen LogP contribution is -2.33. The minimum atomic E-state index is -3.73. The maximum atomic E-state index is 13.1. The standard InChI is InChI=1S/C16H18N2O4S2/c1-12-16(13(2)22-17-12)24(19,20)18(11-14-5-3-9-21-14)8-7-15-6-4-10-23-15/h3-6,9-10H,7-8,11H2,1-2H3. The fourth-order valence-electron chi connectivity index (χ4n) is 2.52. The molecule has 0 aliphatic heterocycles. The maximum absolute atomic E-state index is 13.1. The second kappa shape index (κ2) is 6.92. The molecule has 0 atom stereocenters. The SMILES string of the molecule is Cc1noc(C)c1S(=O)(=O)N(CCc1cccs1)Cc1ccco1. The van der Waals surface area contributed by atoms with E-state index < -0.39 is 10.0 Å². The van der Waals surface area contributed by atoms with E-state index in [4.69, 9.17) is 8.94 Å². The normalized spacial score (nSPS) is 12.1. The number of nitrogens with zero attached hydrogens (tertiary/aromatic N) is 2. The van der Waals surface area contributed by atoms with Gasteiger partial charge in [0.2, 0.25) is 10.0 Å². The molecule has 0 amide bonds. The lowest BCUT2D eigenvalue weighted by atomic mass is 10.3. The Balaban J connectivity index is 1.90. The molecule has 6 nitrogen and oxygen atoms in total. The van der Waals surface area contributed by atoms with Crippen LogP contribution in [0.4, 0.5) is 0 Å². The summed E-state index contributed by atoms with van der Waals surface area (Å²) in [6, 6.07) is 7.47. The summed E-state index contributed by atoms with van der Waals surface area (Å²) >= 11 is 1.61. The Hall–Kier alpha value is -1.90. The number of hydrogen-bond acceptors (Lipinski definition) is 6. The molecule has 3 heterocycles. The lowest BCUT2D eigenvalue weighted by Gasteiger charge is -2.20. The topological polar surface area (TPSA) is 76.6 Å². The molecule has 0 bridgehead atoms. The van der Waals surface area contributed by atoms with Crippen molar-refractivity contribution < 1.29 is 17.4 Å². The first-order valence-corrected chi connectivity index (χ1v) is 9.78. The second-order valence-corrected chi connectivity index (χ2v) is 8.31. The molecular formula is C16H18N2O4S2. The molecule has 0 spiro atoms. The molecule has 0 aliphatic rings. The van der Waals surface area contributed by atoms with Gasteiger partial charge in [-0.25, -0.2) is 8.42 Å². The summed E-state index contributed by atoms with van der Waals surface area (Å²) < 4.78 is 38.0. The lowest BCUT2D eigenvalue weighted by molar-refractivity contribution is 0.364. The highest BCUT2D eigenvalue weighted by molar-refractivity contribution is 7.89. The van der Waals surface area contributed by atoms with Crippen LogP contribution in [-0.2, 0) is 23.0 Å². The summed E-state index contributed by atoms with van der Waals surface area (Å²) in [5.74, 6) is 0.893. The van der Waals surface area contributed by atoms with Gasteiger partial charge in [-0.3, -0.25) is 0 Å². The second-order valence-electron chi connectivity index (χ2n) is 5.40. The molecule has 0 saturated heterocycles. The van der Waals surface area contributed by atoms with Gasteiger partial charge in [0.15, 0.2) is 5.76 Å². The molecule has 0 N–H and O–H groups in total. The number of furan rings is 1. The zero-order valence-corrected chi connectivity index (χ0v) is 15.1. The van der Waals surface area contributed by atoms with Gasteiger partial charge in [-0.2, -0.15) is 4.31 Å². The van der Waals surface area contributed by atoms with E-state index >= 15 is 0 Å². The van der Waals surface area contributed by atoms with Gasteiger partial charge in [-0.1, -0.05) is 11.2 Å². The van der Waals surface area contributed by atoms with E-state index in [9.17, 15) is 8.42 Å². The van der Waals surface area contributed by atoms with Gasteiger partial charge in [0.05, 0.1) is 12.8 Å². The smallest absolute Gasteiger partial charge is 0.248 e. The molecule has 3 aromatic heterocycles. The van der Waals surface area contributed by atoms with Crippen LogP contribution in [-0.4, -0.2) is 24.4 Å². The Labute approximate surface area is 144 Å². The third-order valence-electron chi connectivity index (χ3n) is 3.67. The third-order valence-corrected chi connectivity index (χ3v) is 6.69. The van der Waals surface area contributed by atoms with Crippen molar-refractivity contribution in [1.82, 2.24) is 9.46 Å². The van der Waals surface area contributed by atoms with E-state index in [1.165, 1.54) is 10.6 Å². The van der Waals surface area contributed by atoms with Crippen molar-refractivity contribution in [2.75, 3.05) is 6.54 Å². The van der Waals surface area contributed by atoms with Gasteiger partial charge in [0.1, 0.15) is 16.3 Å². The van der Waals surface area contributed by atoms with Crippen molar-refractivity contribution in [1.29, 1.82) is 0 Å². The highest BCUT2D eigenvalue weighted by Gasteiger charge is 2.31. The predicted molar refractivity (Wildman–Crippen MR) is 90.3 cm³/mol. The first kappa shape index (κ1) is 16.9. The van der Waals surface area contributed by atoms with Crippen LogP contribution in [0.25, 0.3) is 0 Å². The summed E-state index contributed by atoms with van der Waals surface area (Å²) in [6.45, 7) is 3.77. The van der Waals surface area contributed by atoms with Gasteiger partial charge < -0.3 is 8.94 Å². The molecule has 24 heavy (non-hydrogen) atoms. The first-order chi connectivity index (χ1) is 11.5. The van der Waals surface area contributed by atoms with Gasteiger partial charge >= 0.3 is 0 Å². The summed E-state index contributed by atoms with van der Waals surface area (Å²) in [5.41, 5.74) is 0.369. The average Bonchev–Trinajstić information content (AvgIpc) is 3.26. The van der Waals surface area contributed by atoms with Crippen LogP contribution in [0.2, 0.25) is 0 Å². The average molecular weight is 366 g/mol. The van der Waals surface area contributed by atoms with E-state index in [0.29, 0.717) is 30.2 Å². The number of aryl methyl sites for hydroxylation is 2. The van der Waals surface area contributed by atoms with Crippen LogP contribution in [0.15, 0.2) is 49.7 Å². The molecule has 0 fully saturated rings. The number of aromatic nitrogens is 1. The molecule has 0 radical (unpaired) electrons. The summed E-state index contributed by atoms with van der Waals surface area (Å²) in [7, 11) is -3.73. The summed E-state index contributed by atoms with van der Waals surface area (Å²) in [4.78, 5) is 1.27. The Bertz CT molecular complexity index is 861. The molecule has 128 valence electrons. The monoisotopic (exact) mass is 366 g/mol. The van der Waals surface area contributed by atoms with Crippen LogP contribution in [0.5, 0.6) is 0 Å². The fraction of sp³-hybridized carbons (Fsp3) is 0.312. The molecule has 3 aromatic rings. The van der Waals surface area contributed by atoms with E-state index in [0.717, 1.165) is 4.88 Å². The zero-order chi connectivity index (χ0) is 17.2. The van der Waals surface area contributed by atoms with Crippen molar-refractivity contribution in [2.45, 2.75) is 31.7 Å². The van der Waals surface area contributed by atoms with E-state index in [2.05, 4.69) is 5.16 Å². The van der Waals surface area contributed by atoms with Crippen LogP contribution in [0.1, 0.15) is 22.1 Å².